The normalized spacial score (nSPS) is 10.0. The number of pyridine rings is 1. The quantitative estimate of drug-likeness (QED) is 0.617. The summed E-state index contributed by atoms with van der Waals surface area (Å²) in [5.41, 5.74) is 1.07. The van der Waals surface area contributed by atoms with E-state index < -0.39 is 4.92 Å². The van der Waals surface area contributed by atoms with Crippen LogP contribution in [0.5, 0.6) is 5.75 Å². The molecule has 0 spiro atoms. The van der Waals surface area contributed by atoms with E-state index in [1.807, 2.05) is 0 Å². The Morgan fingerprint density at radius 2 is 1.88 bits per heavy atom. The number of nitro groups is 1. The summed E-state index contributed by atoms with van der Waals surface area (Å²) in [7, 11) is 0. The number of nitro benzene ring substituents is 1. The van der Waals surface area contributed by atoms with E-state index in [9.17, 15) is 15.2 Å². The van der Waals surface area contributed by atoms with Crippen molar-refractivity contribution in [2.24, 2.45) is 0 Å². The van der Waals surface area contributed by atoms with Crippen molar-refractivity contribution < 1.29 is 10.0 Å². The van der Waals surface area contributed by atoms with Crippen LogP contribution >= 0.6 is 0 Å². The van der Waals surface area contributed by atoms with Gasteiger partial charge in [0.2, 0.25) is 0 Å². The van der Waals surface area contributed by atoms with Crippen LogP contribution in [0.25, 0.3) is 11.1 Å². The number of phenols is 1. The third-order valence-corrected chi connectivity index (χ3v) is 2.18. The summed E-state index contributed by atoms with van der Waals surface area (Å²) in [6, 6.07) is 7.27. The Kier molecular flexibility index (Phi) is 2.51. The van der Waals surface area contributed by atoms with Gasteiger partial charge in [-0.25, -0.2) is 0 Å². The Bertz CT molecular complexity index is 526. The van der Waals surface area contributed by atoms with Crippen molar-refractivity contribution in [1.29, 1.82) is 0 Å². The standard InChI is InChI=1S/C11H8N2O3/c14-11-2-1-9(13(15)16)7-10(11)8-3-5-12-6-4-8/h1-7,14H. The molecule has 2 aromatic rings. The highest BCUT2D eigenvalue weighted by Crippen LogP contribution is 2.31. The van der Waals surface area contributed by atoms with Gasteiger partial charge in [-0.3, -0.25) is 15.1 Å². The van der Waals surface area contributed by atoms with Gasteiger partial charge in [0.25, 0.3) is 5.69 Å². The Hall–Kier alpha value is -2.43. The minimum atomic E-state index is -0.496. The molecule has 0 saturated carbocycles. The van der Waals surface area contributed by atoms with Crippen LogP contribution in [0.4, 0.5) is 5.69 Å². The number of rotatable bonds is 2. The monoisotopic (exact) mass is 216 g/mol. The molecule has 0 aliphatic carbocycles. The number of hydrogen-bond donors (Lipinski definition) is 1. The van der Waals surface area contributed by atoms with E-state index in [1.54, 1.807) is 24.5 Å². The van der Waals surface area contributed by atoms with Gasteiger partial charge in [0.05, 0.1) is 4.92 Å². The van der Waals surface area contributed by atoms with Crippen molar-refractivity contribution in [3.05, 3.63) is 52.8 Å². The van der Waals surface area contributed by atoms with E-state index in [1.165, 1.54) is 18.2 Å². The van der Waals surface area contributed by atoms with E-state index in [0.717, 1.165) is 0 Å². The summed E-state index contributed by atoms with van der Waals surface area (Å²) < 4.78 is 0. The Morgan fingerprint density at radius 3 is 2.50 bits per heavy atom. The topological polar surface area (TPSA) is 76.3 Å². The lowest BCUT2D eigenvalue weighted by Gasteiger charge is -2.03. The largest absolute Gasteiger partial charge is 0.507 e. The van der Waals surface area contributed by atoms with Crippen molar-refractivity contribution in [2.45, 2.75) is 0 Å². The summed E-state index contributed by atoms with van der Waals surface area (Å²) in [4.78, 5) is 14.0. The summed E-state index contributed by atoms with van der Waals surface area (Å²) >= 11 is 0. The van der Waals surface area contributed by atoms with Gasteiger partial charge in [-0.05, 0) is 23.8 Å². The molecule has 0 bridgehead atoms. The van der Waals surface area contributed by atoms with Gasteiger partial charge in [0.15, 0.2) is 0 Å². The van der Waals surface area contributed by atoms with Crippen LogP contribution in [0.2, 0.25) is 0 Å². The van der Waals surface area contributed by atoms with E-state index >= 15 is 0 Å². The second kappa shape index (κ2) is 3.98. The first-order valence-corrected chi connectivity index (χ1v) is 4.56. The molecule has 1 heterocycles. The highest BCUT2D eigenvalue weighted by molar-refractivity contribution is 5.72. The van der Waals surface area contributed by atoms with E-state index in [2.05, 4.69) is 4.98 Å². The Morgan fingerprint density at radius 1 is 1.19 bits per heavy atom. The third kappa shape index (κ3) is 1.83. The third-order valence-electron chi connectivity index (χ3n) is 2.18. The van der Waals surface area contributed by atoms with Crippen LogP contribution in [0, 0.1) is 10.1 Å². The van der Waals surface area contributed by atoms with Gasteiger partial charge < -0.3 is 5.11 Å². The first kappa shape index (κ1) is 10.1. The van der Waals surface area contributed by atoms with Crippen molar-refractivity contribution in [3.8, 4) is 16.9 Å². The molecular weight excluding hydrogens is 208 g/mol. The second-order valence-corrected chi connectivity index (χ2v) is 3.19. The van der Waals surface area contributed by atoms with Gasteiger partial charge in [0.1, 0.15) is 5.75 Å². The maximum Gasteiger partial charge on any atom is 0.270 e. The summed E-state index contributed by atoms with van der Waals surface area (Å²) in [6.07, 6.45) is 3.13. The predicted molar refractivity (Wildman–Crippen MR) is 58.0 cm³/mol. The van der Waals surface area contributed by atoms with Crippen molar-refractivity contribution in [3.63, 3.8) is 0 Å². The van der Waals surface area contributed by atoms with Gasteiger partial charge >= 0.3 is 0 Å². The summed E-state index contributed by atoms with van der Waals surface area (Å²) in [5, 5.41) is 20.2. The SMILES string of the molecule is O=[N+]([O-])c1ccc(O)c(-c2ccncc2)c1. The van der Waals surface area contributed by atoms with Crippen molar-refractivity contribution in [1.82, 2.24) is 4.98 Å². The first-order chi connectivity index (χ1) is 7.68. The molecule has 0 saturated heterocycles. The first-order valence-electron chi connectivity index (χ1n) is 4.56. The minimum absolute atomic E-state index is 0.0109. The number of nitrogens with zero attached hydrogens (tertiary/aromatic N) is 2. The Labute approximate surface area is 91.2 Å². The van der Waals surface area contributed by atoms with Crippen LogP contribution in [0.1, 0.15) is 0 Å². The zero-order chi connectivity index (χ0) is 11.5. The maximum atomic E-state index is 10.6. The fraction of sp³-hybridized carbons (Fsp3) is 0. The Balaban J connectivity index is 2.56. The van der Waals surface area contributed by atoms with Crippen LogP contribution in [0.15, 0.2) is 42.7 Å². The molecule has 2 rings (SSSR count). The second-order valence-electron chi connectivity index (χ2n) is 3.19. The van der Waals surface area contributed by atoms with Crippen LogP contribution in [-0.4, -0.2) is 15.0 Å². The molecule has 0 fully saturated rings. The van der Waals surface area contributed by atoms with Crippen molar-refractivity contribution >= 4 is 5.69 Å². The van der Waals surface area contributed by atoms with Crippen LogP contribution in [-0.2, 0) is 0 Å². The molecule has 80 valence electrons. The molecule has 0 amide bonds. The molecule has 0 atom stereocenters. The van der Waals surface area contributed by atoms with Gasteiger partial charge in [-0.15, -0.1) is 0 Å². The predicted octanol–water partition coefficient (Wildman–Crippen LogP) is 2.36. The number of hydrogen-bond acceptors (Lipinski definition) is 4. The zero-order valence-corrected chi connectivity index (χ0v) is 8.20. The van der Waals surface area contributed by atoms with Gasteiger partial charge in [-0.1, -0.05) is 0 Å². The van der Waals surface area contributed by atoms with Crippen LogP contribution in [0.3, 0.4) is 0 Å². The number of benzene rings is 1. The van der Waals surface area contributed by atoms with Crippen molar-refractivity contribution in [2.75, 3.05) is 0 Å². The van der Waals surface area contributed by atoms with E-state index in [0.29, 0.717) is 11.1 Å². The smallest absolute Gasteiger partial charge is 0.270 e. The number of aromatic nitrogens is 1. The number of non-ortho nitro benzene ring substituents is 1. The highest BCUT2D eigenvalue weighted by Gasteiger charge is 2.11. The van der Waals surface area contributed by atoms with E-state index in [-0.39, 0.29) is 11.4 Å². The molecule has 0 unspecified atom stereocenters. The molecule has 1 N–H and O–H groups in total. The molecule has 5 heteroatoms. The average Bonchev–Trinajstić information content (AvgIpc) is 2.30. The maximum absolute atomic E-state index is 10.6. The van der Waals surface area contributed by atoms with E-state index in [4.69, 9.17) is 0 Å². The summed E-state index contributed by atoms with van der Waals surface area (Å²) in [6.45, 7) is 0. The molecule has 0 aliphatic heterocycles. The number of phenolic OH excluding ortho intramolecular Hbond substituents is 1. The highest BCUT2D eigenvalue weighted by atomic mass is 16.6. The van der Waals surface area contributed by atoms with Crippen LogP contribution < -0.4 is 0 Å². The lowest BCUT2D eigenvalue weighted by molar-refractivity contribution is -0.384. The molecule has 0 aliphatic rings. The fourth-order valence-electron chi connectivity index (χ4n) is 1.40. The summed E-state index contributed by atoms with van der Waals surface area (Å²) in [5.74, 6) is 0.0109. The minimum Gasteiger partial charge on any atom is -0.507 e. The molecule has 1 aromatic heterocycles. The average molecular weight is 216 g/mol. The lowest BCUT2D eigenvalue weighted by Crippen LogP contribution is -1.88. The molecule has 5 nitrogen and oxygen atoms in total. The fourth-order valence-corrected chi connectivity index (χ4v) is 1.40. The number of aromatic hydroxyl groups is 1. The zero-order valence-electron chi connectivity index (χ0n) is 8.20. The van der Waals surface area contributed by atoms with Gasteiger partial charge in [-0.2, -0.15) is 0 Å². The molecular formula is C11H8N2O3. The molecule has 1 aromatic carbocycles. The lowest BCUT2D eigenvalue weighted by atomic mass is 10.1. The van der Waals surface area contributed by atoms with Gasteiger partial charge in [0, 0.05) is 30.1 Å². The molecule has 0 radical (unpaired) electrons. The molecule has 16 heavy (non-hydrogen) atoms.